The van der Waals surface area contributed by atoms with E-state index in [-0.39, 0.29) is 5.69 Å². The number of carbonyl (C=O) groups excluding carboxylic acids is 1. The number of benzene rings is 1. The van der Waals surface area contributed by atoms with Crippen LogP contribution in [0.3, 0.4) is 0 Å². The third kappa shape index (κ3) is 1.19. The molecule has 0 fully saturated rings. The van der Waals surface area contributed by atoms with Crippen LogP contribution in [0.5, 0.6) is 0 Å². The van der Waals surface area contributed by atoms with Crippen LogP contribution in [0.4, 0.5) is 5.69 Å². The summed E-state index contributed by atoms with van der Waals surface area (Å²) in [5, 5.41) is 10.3. The molecular weight excluding hydrogens is 180 g/mol. The van der Waals surface area contributed by atoms with E-state index >= 15 is 0 Å². The fraction of sp³-hybridized carbons (Fsp3) is 0.111. The molecule has 0 radical (unpaired) electrons. The lowest BCUT2D eigenvalue weighted by atomic mass is 10.2. The van der Waals surface area contributed by atoms with Crippen molar-refractivity contribution in [2.45, 2.75) is 0 Å². The monoisotopic (exact) mass is 190 g/mol. The van der Waals surface area contributed by atoms with Gasteiger partial charge in [0.25, 0.3) is 5.91 Å². The van der Waals surface area contributed by atoms with Crippen LogP contribution < -0.4 is 11.1 Å². The Bertz CT molecular complexity index is 489. The number of nitrogens with zero attached hydrogens (tertiary/aromatic N) is 1. The quantitative estimate of drug-likeness (QED) is 0.651. The third-order valence-electron chi connectivity index (χ3n) is 2.08. The molecule has 0 unspecified atom stereocenters. The summed E-state index contributed by atoms with van der Waals surface area (Å²) in [4.78, 5) is 11.0. The van der Waals surface area contributed by atoms with Crippen molar-refractivity contribution in [1.82, 2.24) is 10.2 Å². The minimum atomic E-state index is -0.524. The van der Waals surface area contributed by atoms with E-state index in [2.05, 4.69) is 15.5 Å². The van der Waals surface area contributed by atoms with Gasteiger partial charge in [-0.15, -0.1) is 0 Å². The van der Waals surface area contributed by atoms with Gasteiger partial charge in [-0.25, -0.2) is 0 Å². The molecule has 0 aliphatic rings. The first-order chi connectivity index (χ1) is 6.72. The molecule has 72 valence electrons. The largest absolute Gasteiger partial charge is 0.388 e. The average Bonchev–Trinajstić information content (AvgIpc) is 2.59. The molecule has 2 rings (SSSR count). The second-order valence-corrected chi connectivity index (χ2v) is 2.95. The number of aromatic amines is 1. The molecule has 1 heterocycles. The van der Waals surface area contributed by atoms with Crippen molar-refractivity contribution in [3.8, 4) is 0 Å². The van der Waals surface area contributed by atoms with Gasteiger partial charge < -0.3 is 11.1 Å². The number of hydrogen-bond donors (Lipinski definition) is 3. The number of hydrogen-bond acceptors (Lipinski definition) is 3. The van der Waals surface area contributed by atoms with Crippen LogP contribution in [0, 0.1) is 0 Å². The van der Waals surface area contributed by atoms with Crippen LogP contribution in [0.1, 0.15) is 10.5 Å². The molecule has 0 bridgehead atoms. The molecule has 5 nitrogen and oxygen atoms in total. The minimum Gasteiger partial charge on any atom is -0.388 e. The Morgan fingerprint density at radius 2 is 2.36 bits per heavy atom. The van der Waals surface area contributed by atoms with Gasteiger partial charge in [0, 0.05) is 18.1 Å². The number of carbonyl (C=O) groups is 1. The summed E-state index contributed by atoms with van der Waals surface area (Å²) in [6.07, 6.45) is 0. The molecule has 14 heavy (non-hydrogen) atoms. The topological polar surface area (TPSA) is 83.8 Å². The summed E-state index contributed by atoms with van der Waals surface area (Å²) in [6.45, 7) is 0. The Labute approximate surface area is 80.3 Å². The zero-order chi connectivity index (χ0) is 10.1. The molecule has 4 N–H and O–H groups in total. The van der Waals surface area contributed by atoms with E-state index in [9.17, 15) is 4.79 Å². The van der Waals surface area contributed by atoms with Gasteiger partial charge in [0.15, 0.2) is 5.69 Å². The molecule has 0 aliphatic carbocycles. The molecule has 5 heteroatoms. The number of rotatable bonds is 2. The van der Waals surface area contributed by atoms with Crippen molar-refractivity contribution in [1.29, 1.82) is 0 Å². The highest BCUT2D eigenvalue weighted by atomic mass is 16.1. The second-order valence-electron chi connectivity index (χ2n) is 2.95. The zero-order valence-corrected chi connectivity index (χ0v) is 7.66. The van der Waals surface area contributed by atoms with Crippen molar-refractivity contribution in [3.63, 3.8) is 0 Å². The summed E-state index contributed by atoms with van der Waals surface area (Å²) < 4.78 is 0. The lowest BCUT2D eigenvalue weighted by Crippen LogP contribution is -2.11. The van der Waals surface area contributed by atoms with E-state index in [0.717, 1.165) is 16.6 Å². The van der Waals surface area contributed by atoms with Gasteiger partial charge in [0.2, 0.25) is 0 Å². The number of aromatic nitrogens is 2. The summed E-state index contributed by atoms with van der Waals surface area (Å²) in [7, 11) is 1.81. The van der Waals surface area contributed by atoms with Crippen LogP contribution in [0.2, 0.25) is 0 Å². The highest BCUT2D eigenvalue weighted by molar-refractivity contribution is 6.04. The maximum absolute atomic E-state index is 11.0. The highest BCUT2D eigenvalue weighted by Gasteiger charge is 2.10. The molecule has 1 aromatic heterocycles. The predicted molar refractivity (Wildman–Crippen MR) is 54.2 cm³/mol. The van der Waals surface area contributed by atoms with Crippen molar-refractivity contribution in [3.05, 3.63) is 23.9 Å². The first-order valence-corrected chi connectivity index (χ1v) is 4.18. The molecule has 1 amide bonds. The predicted octanol–water partition coefficient (Wildman–Crippen LogP) is 0.704. The van der Waals surface area contributed by atoms with Gasteiger partial charge in [-0.1, -0.05) is 0 Å². The van der Waals surface area contributed by atoms with E-state index in [1.54, 1.807) is 0 Å². The van der Waals surface area contributed by atoms with Crippen molar-refractivity contribution >= 4 is 22.5 Å². The normalized spacial score (nSPS) is 10.4. The molecular formula is C9H10N4O. The first kappa shape index (κ1) is 8.55. The fourth-order valence-electron chi connectivity index (χ4n) is 1.36. The molecule has 1 aromatic carbocycles. The van der Waals surface area contributed by atoms with Gasteiger partial charge in [-0.3, -0.25) is 9.89 Å². The number of primary amides is 1. The average molecular weight is 190 g/mol. The smallest absolute Gasteiger partial charge is 0.269 e. The summed E-state index contributed by atoms with van der Waals surface area (Å²) in [5.41, 5.74) is 7.17. The number of anilines is 1. The fourth-order valence-corrected chi connectivity index (χ4v) is 1.36. The van der Waals surface area contributed by atoms with E-state index in [1.165, 1.54) is 0 Å². The Morgan fingerprint density at radius 3 is 3.00 bits per heavy atom. The van der Waals surface area contributed by atoms with Crippen molar-refractivity contribution in [2.24, 2.45) is 5.73 Å². The molecule has 2 aromatic rings. The van der Waals surface area contributed by atoms with Crippen molar-refractivity contribution < 1.29 is 4.79 Å². The molecule has 0 spiro atoms. The first-order valence-electron chi connectivity index (χ1n) is 4.18. The van der Waals surface area contributed by atoms with Gasteiger partial charge in [-0.05, 0) is 18.2 Å². The maximum atomic E-state index is 11.0. The number of amides is 1. The third-order valence-corrected chi connectivity index (χ3v) is 2.08. The zero-order valence-electron chi connectivity index (χ0n) is 7.66. The minimum absolute atomic E-state index is 0.275. The van der Waals surface area contributed by atoms with Crippen LogP contribution in [-0.4, -0.2) is 23.2 Å². The molecule has 0 saturated carbocycles. The van der Waals surface area contributed by atoms with Gasteiger partial charge >= 0.3 is 0 Å². The van der Waals surface area contributed by atoms with Crippen LogP contribution in [0.25, 0.3) is 10.9 Å². The van der Waals surface area contributed by atoms with Crippen LogP contribution in [0.15, 0.2) is 18.2 Å². The lowest BCUT2D eigenvalue weighted by Gasteiger charge is -1.98. The second kappa shape index (κ2) is 3.02. The molecule has 0 atom stereocenters. The van der Waals surface area contributed by atoms with Crippen molar-refractivity contribution in [2.75, 3.05) is 12.4 Å². The van der Waals surface area contributed by atoms with Gasteiger partial charge in [-0.2, -0.15) is 5.10 Å². The Hall–Kier alpha value is -2.04. The Balaban J connectivity index is 2.69. The van der Waals surface area contributed by atoms with Crippen LogP contribution in [-0.2, 0) is 0 Å². The van der Waals surface area contributed by atoms with E-state index in [1.807, 2.05) is 25.2 Å². The van der Waals surface area contributed by atoms with Gasteiger partial charge in [0.05, 0.1) is 5.52 Å². The Morgan fingerprint density at radius 1 is 1.57 bits per heavy atom. The number of fused-ring (bicyclic) bond motifs is 1. The number of nitrogens with one attached hydrogen (secondary N) is 2. The van der Waals surface area contributed by atoms with E-state index < -0.39 is 5.91 Å². The molecule has 0 aliphatic heterocycles. The number of H-pyrrole nitrogens is 1. The SMILES string of the molecule is CNc1ccc2[nH]nc(C(N)=O)c2c1. The number of nitrogens with two attached hydrogens (primary N) is 1. The standard InChI is InChI=1S/C9H10N4O/c1-11-5-2-3-7-6(4-5)8(9(10)14)13-12-7/h2-4,11H,1H3,(H2,10,14)(H,12,13). The Kier molecular flexibility index (Phi) is 1.85. The summed E-state index contributed by atoms with van der Waals surface area (Å²) in [6, 6.07) is 5.57. The highest BCUT2D eigenvalue weighted by Crippen LogP contribution is 2.19. The lowest BCUT2D eigenvalue weighted by molar-refractivity contribution is 0.0997. The van der Waals surface area contributed by atoms with E-state index in [0.29, 0.717) is 0 Å². The van der Waals surface area contributed by atoms with Gasteiger partial charge in [0.1, 0.15) is 0 Å². The summed E-state index contributed by atoms with van der Waals surface area (Å²) in [5.74, 6) is -0.524. The van der Waals surface area contributed by atoms with E-state index in [4.69, 9.17) is 5.73 Å². The maximum Gasteiger partial charge on any atom is 0.269 e. The summed E-state index contributed by atoms with van der Waals surface area (Å²) >= 11 is 0. The van der Waals surface area contributed by atoms with Crippen LogP contribution >= 0.6 is 0 Å². The molecule has 0 saturated heterocycles.